The number of nitrogens with two attached hydrogens (primary N) is 1. The Morgan fingerprint density at radius 3 is 2.35 bits per heavy atom. The van der Waals surface area contributed by atoms with E-state index in [-0.39, 0.29) is 12.0 Å². The molecular formula is C13H25N3O. The van der Waals surface area contributed by atoms with E-state index < -0.39 is 0 Å². The van der Waals surface area contributed by atoms with Gasteiger partial charge in [0.15, 0.2) is 0 Å². The second-order valence-corrected chi connectivity index (χ2v) is 5.86. The average Bonchev–Trinajstić information content (AvgIpc) is 3.03. The van der Waals surface area contributed by atoms with Crippen LogP contribution in [-0.4, -0.2) is 54.5 Å². The van der Waals surface area contributed by atoms with Gasteiger partial charge in [-0.1, -0.05) is 13.8 Å². The number of hydrogen-bond donors (Lipinski definition) is 1. The molecule has 2 aliphatic rings. The number of carbonyl (C=O) groups excluding carboxylic acids is 1. The first kappa shape index (κ1) is 12.8. The maximum absolute atomic E-state index is 12.0. The van der Waals surface area contributed by atoms with E-state index in [9.17, 15) is 4.79 Å². The van der Waals surface area contributed by atoms with Crippen LogP contribution in [0.25, 0.3) is 0 Å². The van der Waals surface area contributed by atoms with Crippen molar-refractivity contribution in [2.75, 3.05) is 32.7 Å². The summed E-state index contributed by atoms with van der Waals surface area (Å²) in [5.41, 5.74) is 5.72. The fraction of sp³-hybridized carbons (Fsp3) is 0.923. The van der Waals surface area contributed by atoms with Gasteiger partial charge in [0.1, 0.15) is 0 Å². The zero-order valence-corrected chi connectivity index (χ0v) is 11.1. The van der Waals surface area contributed by atoms with Crippen molar-refractivity contribution in [1.82, 2.24) is 9.80 Å². The molecule has 0 bridgehead atoms. The van der Waals surface area contributed by atoms with Crippen LogP contribution in [0.4, 0.5) is 0 Å². The minimum Gasteiger partial charge on any atom is -0.340 e. The smallest absolute Gasteiger partial charge is 0.227 e. The normalized spacial score (nSPS) is 29.8. The van der Waals surface area contributed by atoms with Crippen LogP contribution in [0.3, 0.4) is 0 Å². The summed E-state index contributed by atoms with van der Waals surface area (Å²) in [6, 6.07) is 0.140. The Morgan fingerprint density at radius 2 is 1.88 bits per heavy atom. The van der Waals surface area contributed by atoms with Crippen molar-refractivity contribution < 1.29 is 4.79 Å². The first-order chi connectivity index (χ1) is 8.08. The quantitative estimate of drug-likeness (QED) is 0.778. The summed E-state index contributed by atoms with van der Waals surface area (Å²) in [6.45, 7) is 9.52. The molecule has 2 unspecified atom stereocenters. The first-order valence-corrected chi connectivity index (χ1v) is 6.84. The van der Waals surface area contributed by atoms with Gasteiger partial charge in [0, 0.05) is 32.2 Å². The van der Waals surface area contributed by atoms with Gasteiger partial charge >= 0.3 is 0 Å². The maximum Gasteiger partial charge on any atom is 0.227 e. The van der Waals surface area contributed by atoms with E-state index >= 15 is 0 Å². The Balaban J connectivity index is 1.69. The van der Waals surface area contributed by atoms with Gasteiger partial charge in [-0.05, 0) is 25.3 Å². The van der Waals surface area contributed by atoms with Crippen LogP contribution in [0.1, 0.15) is 26.7 Å². The number of hydrogen-bond acceptors (Lipinski definition) is 3. The number of rotatable bonds is 4. The van der Waals surface area contributed by atoms with Crippen LogP contribution in [0.15, 0.2) is 0 Å². The number of amides is 1. The van der Waals surface area contributed by atoms with Crippen LogP contribution < -0.4 is 5.73 Å². The van der Waals surface area contributed by atoms with E-state index in [1.165, 1.54) is 13.0 Å². The van der Waals surface area contributed by atoms with Crippen molar-refractivity contribution >= 4 is 5.91 Å². The van der Waals surface area contributed by atoms with Crippen LogP contribution >= 0.6 is 0 Å². The molecular weight excluding hydrogens is 214 g/mol. The summed E-state index contributed by atoms with van der Waals surface area (Å²) < 4.78 is 0. The molecule has 0 aromatic heterocycles. The summed E-state index contributed by atoms with van der Waals surface area (Å²) >= 11 is 0. The van der Waals surface area contributed by atoms with Crippen LogP contribution in [0, 0.1) is 11.8 Å². The molecule has 1 saturated carbocycles. The first-order valence-electron chi connectivity index (χ1n) is 6.84. The van der Waals surface area contributed by atoms with Gasteiger partial charge in [0.25, 0.3) is 0 Å². The van der Waals surface area contributed by atoms with Crippen molar-refractivity contribution in [3.05, 3.63) is 0 Å². The minimum absolute atomic E-state index is 0.136. The topological polar surface area (TPSA) is 49.6 Å². The SMILES string of the molecule is CC(C)CCN1CCN(C(=O)C2CC2N)CC1. The maximum atomic E-state index is 12.0. The van der Waals surface area contributed by atoms with E-state index in [1.807, 2.05) is 4.90 Å². The van der Waals surface area contributed by atoms with Gasteiger partial charge in [-0.25, -0.2) is 0 Å². The molecule has 4 nitrogen and oxygen atoms in total. The highest BCUT2D eigenvalue weighted by Crippen LogP contribution is 2.30. The summed E-state index contributed by atoms with van der Waals surface area (Å²) in [4.78, 5) is 16.4. The molecule has 0 aromatic rings. The molecule has 2 atom stereocenters. The Hall–Kier alpha value is -0.610. The van der Waals surface area contributed by atoms with Crippen LogP contribution in [0.5, 0.6) is 0 Å². The highest BCUT2D eigenvalue weighted by Gasteiger charge is 2.42. The summed E-state index contributed by atoms with van der Waals surface area (Å²) in [6.07, 6.45) is 2.15. The second kappa shape index (κ2) is 5.36. The zero-order valence-electron chi connectivity index (χ0n) is 11.1. The lowest BCUT2D eigenvalue weighted by atomic mass is 10.1. The van der Waals surface area contributed by atoms with Crippen molar-refractivity contribution in [3.63, 3.8) is 0 Å². The fourth-order valence-corrected chi connectivity index (χ4v) is 2.37. The molecule has 0 aromatic carbocycles. The lowest BCUT2D eigenvalue weighted by Gasteiger charge is -2.35. The lowest BCUT2D eigenvalue weighted by Crippen LogP contribution is -2.49. The molecule has 0 radical (unpaired) electrons. The summed E-state index contributed by atoms with van der Waals surface area (Å²) in [5.74, 6) is 1.19. The molecule has 0 spiro atoms. The van der Waals surface area contributed by atoms with Gasteiger partial charge in [-0.2, -0.15) is 0 Å². The van der Waals surface area contributed by atoms with Crippen molar-refractivity contribution in [3.8, 4) is 0 Å². The van der Waals surface area contributed by atoms with E-state index in [2.05, 4.69) is 18.7 Å². The van der Waals surface area contributed by atoms with E-state index in [0.29, 0.717) is 5.91 Å². The van der Waals surface area contributed by atoms with Gasteiger partial charge in [0.05, 0.1) is 5.92 Å². The predicted molar refractivity (Wildman–Crippen MR) is 68.6 cm³/mol. The number of piperazine rings is 1. The molecule has 1 aliphatic heterocycles. The number of carbonyl (C=O) groups is 1. The second-order valence-electron chi connectivity index (χ2n) is 5.86. The molecule has 1 amide bonds. The fourth-order valence-electron chi connectivity index (χ4n) is 2.37. The molecule has 4 heteroatoms. The largest absolute Gasteiger partial charge is 0.340 e. The molecule has 17 heavy (non-hydrogen) atoms. The van der Waals surface area contributed by atoms with Gasteiger partial charge < -0.3 is 10.6 Å². The predicted octanol–water partition coefficient (Wildman–Crippen LogP) is 0.524. The Bertz CT molecular complexity index is 272. The Kier molecular flexibility index (Phi) is 4.05. The highest BCUT2D eigenvalue weighted by atomic mass is 16.2. The standard InChI is InChI=1S/C13H25N3O/c1-10(2)3-4-15-5-7-16(8-6-15)13(17)11-9-12(11)14/h10-12H,3-9,14H2,1-2H3. The van der Waals surface area contributed by atoms with E-state index in [1.54, 1.807) is 0 Å². The summed E-state index contributed by atoms with van der Waals surface area (Å²) in [7, 11) is 0. The molecule has 2 rings (SSSR count). The number of nitrogens with zero attached hydrogens (tertiary/aromatic N) is 2. The zero-order chi connectivity index (χ0) is 12.4. The van der Waals surface area contributed by atoms with E-state index in [4.69, 9.17) is 5.73 Å². The highest BCUT2D eigenvalue weighted by molar-refractivity contribution is 5.82. The third kappa shape index (κ3) is 3.42. The molecule has 2 fully saturated rings. The van der Waals surface area contributed by atoms with Crippen molar-refractivity contribution in [1.29, 1.82) is 0 Å². The molecule has 1 aliphatic carbocycles. The summed E-state index contributed by atoms with van der Waals surface area (Å²) in [5, 5.41) is 0. The Labute approximate surface area is 104 Å². The lowest BCUT2D eigenvalue weighted by molar-refractivity contribution is -0.134. The molecule has 1 saturated heterocycles. The van der Waals surface area contributed by atoms with Crippen LogP contribution in [0.2, 0.25) is 0 Å². The van der Waals surface area contributed by atoms with Crippen molar-refractivity contribution in [2.45, 2.75) is 32.7 Å². The third-order valence-corrected chi connectivity index (χ3v) is 3.86. The van der Waals surface area contributed by atoms with Crippen molar-refractivity contribution in [2.24, 2.45) is 17.6 Å². The minimum atomic E-state index is 0.136. The monoisotopic (exact) mass is 239 g/mol. The molecule has 2 N–H and O–H groups in total. The Morgan fingerprint density at radius 1 is 1.29 bits per heavy atom. The molecule has 98 valence electrons. The van der Waals surface area contributed by atoms with Gasteiger partial charge in [-0.15, -0.1) is 0 Å². The average molecular weight is 239 g/mol. The third-order valence-electron chi connectivity index (χ3n) is 3.86. The molecule has 1 heterocycles. The van der Waals surface area contributed by atoms with Crippen LogP contribution in [-0.2, 0) is 4.79 Å². The van der Waals surface area contributed by atoms with Gasteiger partial charge in [0.2, 0.25) is 5.91 Å². The van der Waals surface area contributed by atoms with Gasteiger partial charge in [-0.3, -0.25) is 9.69 Å². The van der Waals surface area contributed by atoms with E-state index in [0.717, 1.165) is 38.5 Å².